The summed E-state index contributed by atoms with van der Waals surface area (Å²) < 4.78 is 32.8. The molecule has 144 valence electrons. The van der Waals surface area contributed by atoms with Gasteiger partial charge in [-0.3, -0.25) is 4.79 Å². The molecule has 0 unspecified atom stereocenters. The smallest absolute Gasteiger partial charge is 0.191 e. The summed E-state index contributed by atoms with van der Waals surface area (Å²) in [5.74, 6) is -0.411. The molecule has 0 aliphatic carbocycles. The normalized spacial score (nSPS) is 21.9. The van der Waals surface area contributed by atoms with Gasteiger partial charge in [-0.2, -0.15) is 0 Å². The maximum Gasteiger partial charge on any atom is 0.191 e. The molecule has 2 atom stereocenters. The third-order valence-corrected chi connectivity index (χ3v) is 7.39. The van der Waals surface area contributed by atoms with Crippen LogP contribution in [0.5, 0.6) is 0 Å². The van der Waals surface area contributed by atoms with Crippen LogP contribution >= 0.6 is 0 Å². The summed E-state index contributed by atoms with van der Waals surface area (Å²) in [5.41, 5.74) is 0.483. The van der Waals surface area contributed by atoms with Crippen LogP contribution in [0.4, 0.5) is 0 Å². The second-order valence-corrected chi connectivity index (χ2v) is 9.87. The van der Waals surface area contributed by atoms with E-state index in [0.717, 1.165) is 16.3 Å². The van der Waals surface area contributed by atoms with Crippen molar-refractivity contribution in [1.82, 2.24) is 0 Å². The highest BCUT2D eigenvalue weighted by Gasteiger charge is 2.55. The van der Waals surface area contributed by atoms with Gasteiger partial charge in [0.05, 0.1) is 4.90 Å². The summed E-state index contributed by atoms with van der Waals surface area (Å²) in [6.45, 7) is 5.16. The van der Waals surface area contributed by atoms with E-state index in [4.69, 9.17) is 4.74 Å². The maximum atomic E-state index is 13.4. The first-order valence-corrected chi connectivity index (χ1v) is 10.8. The van der Waals surface area contributed by atoms with E-state index >= 15 is 0 Å². The molecule has 0 radical (unpaired) electrons. The van der Waals surface area contributed by atoms with Gasteiger partial charge in [-0.05, 0) is 55.3 Å². The van der Waals surface area contributed by atoms with Crippen molar-refractivity contribution in [3.63, 3.8) is 0 Å². The molecule has 4 rings (SSSR count). The summed E-state index contributed by atoms with van der Waals surface area (Å²) in [6, 6.07) is 20.1. The van der Waals surface area contributed by atoms with Crippen LogP contribution in [0.25, 0.3) is 10.8 Å². The molecule has 28 heavy (non-hydrogen) atoms. The second kappa shape index (κ2) is 6.54. The number of fused-ring (bicyclic) bond motifs is 1. The molecule has 4 nitrogen and oxygen atoms in total. The standard InChI is InChI=1S/C23H22O4S/c1-15-8-12-19(13-9-15)28(25,26)21-20(27-23(2,3)22(21)24)18-11-10-16-6-4-5-7-17(16)14-18/h4-14,20-21H,1-3H3/t20-,21-/m0/s1. The number of sulfone groups is 1. The molecule has 0 amide bonds. The van der Waals surface area contributed by atoms with Crippen LogP contribution < -0.4 is 0 Å². The number of ether oxygens (including phenoxy) is 1. The molecule has 1 heterocycles. The predicted molar refractivity (Wildman–Crippen MR) is 109 cm³/mol. The van der Waals surface area contributed by atoms with E-state index in [-0.39, 0.29) is 4.90 Å². The lowest BCUT2D eigenvalue weighted by Crippen LogP contribution is -2.37. The molecule has 3 aromatic carbocycles. The summed E-state index contributed by atoms with van der Waals surface area (Å²) >= 11 is 0. The third kappa shape index (κ3) is 3.05. The lowest BCUT2D eigenvalue weighted by molar-refractivity contribution is -0.129. The summed E-state index contributed by atoms with van der Waals surface area (Å²) in [5, 5.41) is 0.756. The number of hydrogen-bond donors (Lipinski definition) is 0. The Balaban J connectivity index is 1.84. The highest BCUT2D eigenvalue weighted by atomic mass is 32.2. The van der Waals surface area contributed by atoms with E-state index in [0.29, 0.717) is 5.56 Å². The van der Waals surface area contributed by atoms with Crippen LogP contribution in [-0.2, 0) is 19.4 Å². The van der Waals surface area contributed by atoms with Crippen molar-refractivity contribution in [3.8, 4) is 0 Å². The Hall–Kier alpha value is -2.50. The van der Waals surface area contributed by atoms with Gasteiger partial charge < -0.3 is 4.74 Å². The van der Waals surface area contributed by atoms with Crippen LogP contribution in [-0.4, -0.2) is 25.1 Å². The molecule has 0 saturated carbocycles. The Morgan fingerprint density at radius 2 is 1.54 bits per heavy atom. The highest BCUT2D eigenvalue weighted by molar-refractivity contribution is 7.93. The number of Topliss-reactive ketones (excluding diaryl/α,β-unsaturated/α-hetero) is 1. The van der Waals surface area contributed by atoms with Gasteiger partial charge >= 0.3 is 0 Å². The van der Waals surface area contributed by atoms with Gasteiger partial charge in [0.25, 0.3) is 0 Å². The number of aryl methyl sites for hydroxylation is 1. The fraction of sp³-hybridized carbons (Fsp3) is 0.261. The van der Waals surface area contributed by atoms with Crippen molar-refractivity contribution in [3.05, 3.63) is 77.9 Å². The number of carbonyl (C=O) groups is 1. The topological polar surface area (TPSA) is 60.4 Å². The zero-order valence-electron chi connectivity index (χ0n) is 16.0. The number of benzene rings is 3. The molecule has 1 aliphatic heterocycles. The SMILES string of the molecule is Cc1ccc(S(=O)(=O)[C@@H]2C(=O)C(C)(C)O[C@H]2c2ccc3ccccc3c2)cc1. The van der Waals surface area contributed by atoms with Crippen molar-refractivity contribution in [2.24, 2.45) is 0 Å². The number of carbonyl (C=O) groups excluding carboxylic acids is 1. The lowest BCUT2D eigenvalue weighted by Gasteiger charge is -2.19. The molecular weight excluding hydrogens is 372 g/mol. The van der Waals surface area contributed by atoms with Gasteiger partial charge in [-0.15, -0.1) is 0 Å². The third-order valence-electron chi connectivity index (χ3n) is 5.33. The molecule has 0 N–H and O–H groups in total. The van der Waals surface area contributed by atoms with Crippen molar-refractivity contribution in [2.75, 3.05) is 0 Å². The zero-order chi connectivity index (χ0) is 20.1. The molecule has 0 aromatic heterocycles. The minimum atomic E-state index is -3.90. The van der Waals surface area contributed by atoms with E-state index in [2.05, 4.69) is 0 Å². The van der Waals surface area contributed by atoms with Crippen LogP contribution in [0.3, 0.4) is 0 Å². The molecule has 1 fully saturated rings. The Morgan fingerprint density at radius 1 is 0.893 bits per heavy atom. The zero-order valence-corrected chi connectivity index (χ0v) is 16.9. The van der Waals surface area contributed by atoms with E-state index in [1.165, 1.54) is 0 Å². The first-order chi connectivity index (χ1) is 13.2. The average molecular weight is 394 g/mol. The Kier molecular flexibility index (Phi) is 4.40. The van der Waals surface area contributed by atoms with Gasteiger partial charge in [0.1, 0.15) is 11.7 Å². The van der Waals surface area contributed by atoms with Gasteiger partial charge in [-0.1, -0.05) is 54.1 Å². The average Bonchev–Trinajstić information content (AvgIpc) is 2.92. The minimum Gasteiger partial charge on any atom is -0.358 e. The largest absolute Gasteiger partial charge is 0.358 e. The fourth-order valence-corrected chi connectivity index (χ4v) is 5.64. The summed E-state index contributed by atoms with van der Waals surface area (Å²) in [4.78, 5) is 13.2. The Bertz CT molecular complexity index is 1160. The van der Waals surface area contributed by atoms with E-state index in [9.17, 15) is 13.2 Å². The first-order valence-electron chi connectivity index (χ1n) is 9.21. The van der Waals surface area contributed by atoms with Crippen LogP contribution in [0.2, 0.25) is 0 Å². The van der Waals surface area contributed by atoms with Crippen LogP contribution in [0, 0.1) is 6.92 Å². The molecule has 3 aromatic rings. The summed E-state index contributed by atoms with van der Waals surface area (Å²) in [7, 11) is -3.90. The number of ketones is 1. The minimum absolute atomic E-state index is 0.142. The molecule has 1 saturated heterocycles. The quantitative estimate of drug-likeness (QED) is 0.660. The Labute approximate surface area is 165 Å². The second-order valence-electron chi connectivity index (χ2n) is 7.80. The van der Waals surface area contributed by atoms with E-state index < -0.39 is 32.6 Å². The van der Waals surface area contributed by atoms with Gasteiger partial charge in [0, 0.05) is 0 Å². The first kappa shape index (κ1) is 18.8. The fourth-order valence-electron chi connectivity index (χ4n) is 3.72. The van der Waals surface area contributed by atoms with Crippen molar-refractivity contribution in [2.45, 2.75) is 42.6 Å². The van der Waals surface area contributed by atoms with Crippen molar-refractivity contribution in [1.29, 1.82) is 0 Å². The molecular formula is C23H22O4S. The molecule has 0 spiro atoms. The van der Waals surface area contributed by atoms with Gasteiger partial charge in [0.2, 0.25) is 0 Å². The molecule has 0 bridgehead atoms. The maximum absolute atomic E-state index is 13.4. The summed E-state index contributed by atoms with van der Waals surface area (Å²) in [6.07, 6.45) is -0.849. The van der Waals surface area contributed by atoms with Gasteiger partial charge in [0.15, 0.2) is 20.9 Å². The van der Waals surface area contributed by atoms with Crippen molar-refractivity contribution < 1.29 is 17.9 Å². The van der Waals surface area contributed by atoms with Crippen LogP contribution in [0.1, 0.15) is 31.1 Å². The monoisotopic (exact) mass is 394 g/mol. The predicted octanol–water partition coefficient (Wildman–Crippen LogP) is 4.41. The lowest BCUT2D eigenvalue weighted by atomic mass is 9.98. The van der Waals surface area contributed by atoms with E-state index in [1.54, 1.807) is 38.1 Å². The number of hydrogen-bond acceptors (Lipinski definition) is 4. The highest BCUT2D eigenvalue weighted by Crippen LogP contribution is 2.43. The van der Waals surface area contributed by atoms with Gasteiger partial charge in [-0.25, -0.2) is 8.42 Å². The molecule has 5 heteroatoms. The van der Waals surface area contributed by atoms with Crippen LogP contribution in [0.15, 0.2) is 71.6 Å². The van der Waals surface area contributed by atoms with E-state index in [1.807, 2.05) is 49.4 Å². The Morgan fingerprint density at radius 3 is 2.21 bits per heavy atom. The molecule has 1 aliphatic rings. The number of rotatable bonds is 3. The van der Waals surface area contributed by atoms with Crippen molar-refractivity contribution >= 4 is 26.4 Å².